The number of benzene rings is 1. The van der Waals surface area contributed by atoms with Crippen molar-refractivity contribution in [1.29, 1.82) is 0 Å². The van der Waals surface area contributed by atoms with Crippen LogP contribution in [0.25, 0.3) is 6.08 Å². The molecule has 0 saturated carbocycles. The molecule has 1 aromatic rings. The van der Waals surface area contributed by atoms with Gasteiger partial charge in [-0.25, -0.2) is 0 Å². The molecule has 1 heterocycles. The van der Waals surface area contributed by atoms with E-state index in [1.807, 2.05) is 13.0 Å². The summed E-state index contributed by atoms with van der Waals surface area (Å²) in [4.78, 5) is 25.6. The van der Waals surface area contributed by atoms with Gasteiger partial charge in [0.2, 0.25) is 0 Å². The maximum atomic E-state index is 12.4. The molecule has 0 spiro atoms. The summed E-state index contributed by atoms with van der Waals surface area (Å²) >= 11 is 0.857. The number of ether oxygens (including phenoxy) is 2. The highest BCUT2D eigenvalue weighted by atomic mass is 32.2. The number of hydrogen-bond acceptors (Lipinski definition) is 5. The minimum atomic E-state index is -0.404. The van der Waals surface area contributed by atoms with Gasteiger partial charge in [0.1, 0.15) is 6.61 Å². The summed E-state index contributed by atoms with van der Waals surface area (Å²) in [6.45, 7) is 6.10. The highest BCUT2D eigenvalue weighted by molar-refractivity contribution is 8.18. The van der Waals surface area contributed by atoms with E-state index in [2.05, 4.69) is 18.4 Å². The molecule has 0 aromatic heterocycles. The first-order valence-corrected chi connectivity index (χ1v) is 9.03. The van der Waals surface area contributed by atoms with Gasteiger partial charge in [-0.3, -0.25) is 14.5 Å². The Morgan fingerprint density at radius 1 is 1.26 bits per heavy atom. The van der Waals surface area contributed by atoms with Crippen LogP contribution in [-0.4, -0.2) is 35.8 Å². The van der Waals surface area contributed by atoms with Gasteiger partial charge in [0.15, 0.2) is 11.5 Å². The molecule has 1 aliphatic heterocycles. The van der Waals surface area contributed by atoms with Crippen LogP contribution in [-0.2, 0) is 11.2 Å². The van der Waals surface area contributed by atoms with Crippen LogP contribution >= 0.6 is 11.8 Å². The summed E-state index contributed by atoms with van der Waals surface area (Å²) in [6.07, 6.45) is 14.4. The molecule has 2 rings (SSSR count). The van der Waals surface area contributed by atoms with Gasteiger partial charge in [-0.05, 0) is 48.9 Å². The van der Waals surface area contributed by atoms with Crippen molar-refractivity contribution in [1.82, 2.24) is 4.90 Å². The molecule has 0 N–H and O–H groups in total. The van der Waals surface area contributed by atoms with Crippen molar-refractivity contribution in [3.8, 4) is 36.2 Å². The molecule has 0 radical (unpaired) electrons. The van der Waals surface area contributed by atoms with Crippen LogP contribution < -0.4 is 9.47 Å². The number of terminal acetylenes is 2. The summed E-state index contributed by atoms with van der Waals surface area (Å²) in [6, 6.07) is 3.60. The maximum absolute atomic E-state index is 12.4. The quantitative estimate of drug-likeness (QED) is 0.392. The average molecular weight is 381 g/mol. The first-order valence-electron chi connectivity index (χ1n) is 8.21. The average Bonchev–Trinajstić information content (AvgIpc) is 2.89. The van der Waals surface area contributed by atoms with Crippen molar-refractivity contribution < 1.29 is 19.1 Å². The Labute approximate surface area is 163 Å². The standard InChI is InChI=1S/C21H19NO4S/c1-5-9-16-12-15(13-17(25-8-4)19(16)26-11-7-3)14-18-20(23)22(10-6-2)21(24)27-18/h2-3,5,12-14H,1,8-11H2,4H3/b18-14-. The second kappa shape index (κ2) is 9.56. The van der Waals surface area contributed by atoms with Crippen LogP contribution in [0, 0.1) is 24.7 Å². The van der Waals surface area contributed by atoms with Gasteiger partial charge in [-0.1, -0.05) is 17.9 Å². The number of thioether (sulfide) groups is 1. The fourth-order valence-electron chi connectivity index (χ4n) is 2.49. The van der Waals surface area contributed by atoms with Crippen molar-refractivity contribution in [2.24, 2.45) is 0 Å². The molecular weight excluding hydrogens is 362 g/mol. The Morgan fingerprint density at radius 3 is 2.67 bits per heavy atom. The van der Waals surface area contributed by atoms with E-state index in [-0.39, 0.29) is 18.4 Å². The topological polar surface area (TPSA) is 55.8 Å². The summed E-state index contributed by atoms with van der Waals surface area (Å²) in [7, 11) is 0. The van der Waals surface area contributed by atoms with E-state index in [1.165, 1.54) is 0 Å². The number of carbonyl (C=O) groups is 2. The summed E-state index contributed by atoms with van der Waals surface area (Å²) in [5.74, 6) is 5.41. The molecule has 6 heteroatoms. The van der Waals surface area contributed by atoms with Gasteiger partial charge in [-0.2, -0.15) is 0 Å². The molecular formula is C21H19NO4S. The summed E-state index contributed by atoms with van der Waals surface area (Å²) in [5, 5.41) is -0.380. The second-order valence-corrected chi connectivity index (χ2v) is 6.39. The molecule has 1 saturated heterocycles. The summed E-state index contributed by atoms with van der Waals surface area (Å²) in [5.41, 5.74) is 1.52. The molecule has 5 nitrogen and oxygen atoms in total. The lowest BCUT2D eigenvalue weighted by molar-refractivity contribution is -0.122. The van der Waals surface area contributed by atoms with E-state index in [0.29, 0.717) is 35.0 Å². The first-order chi connectivity index (χ1) is 13.0. The molecule has 27 heavy (non-hydrogen) atoms. The molecule has 0 aliphatic carbocycles. The van der Waals surface area contributed by atoms with Crippen LogP contribution in [0.15, 0.2) is 29.7 Å². The molecule has 138 valence electrons. The van der Waals surface area contributed by atoms with Crippen LogP contribution in [0.3, 0.4) is 0 Å². The van der Waals surface area contributed by atoms with E-state index in [0.717, 1.165) is 22.2 Å². The smallest absolute Gasteiger partial charge is 0.294 e. The van der Waals surface area contributed by atoms with E-state index in [1.54, 1.807) is 18.2 Å². The Hall–Kier alpha value is -3.09. The van der Waals surface area contributed by atoms with E-state index in [4.69, 9.17) is 22.3 Å². The van der Waals surface area contributed by atoms with Gasteiger partial charge in [0.25, 0.3) is 11.1 Å². The van der Waals surface area contributed by atoms with Crippen LogP contribution in [0.2, 0.25) is 0 Å². The number of hydrogen-bond donors (Lipinski definition) is 0. The van der Waals surface area contributed by atoms with Gasteiger partial charge < -0.3 is 9.47 Å². The fraction of sp³-hybridized carbons (Fsp3) is 0.238. The SMILES string of the molecule is C#CCOc1c(CC=C)cc(/C=C2\SC(=O)N(CC#C)C2=O)cc1OCC. The highest BCUT2D eigenvalue weighted by Crippen LogP contribution is 2.37. The number of amides is 2. The third-order valence-electron chi connectivity index (χ3n) is 3.54. The van der Waals surface area contributed by atoms with Crippen molar-refractivity contribution in [2.45, 2.75) is 13.3 Å². The molecule has 0 atom stereocenters. The lowest BCUT2D eigenvalue weighted by Crippen LogP contribution is -2.28. The predicted molar refractivity (Wildman–Crippen MR) is 107 cm³/mol. The normalized spacial score (nSPS) is 14.8. The zero-order valence-electron chi connectivity index (χ0n) is 15.0. The maximum Gasteiger partial charge on any atom is 0.294 e. The van der Waals surface area contributed by atoms with Crippen molar-refractivity contribution in [3.05, 3.63) is 40.8 Å². The van der Waals surface area contributed by atoms with E-state index >= 15 is 0 Å². The lowest BCUT2D eigenvalue weighted by atomic mass is 10.0. The largest absolute Gasteiger partial charge is 0.490 e. The Bertz CT molecular complexity index is 873. The zero-order valence-corrected chi connectivity index (χ0v) is 15.8. The van der Waals surface area contributed by atoms with Crippen molar-refractivity contribution in [2.75, 3.05) is 19.8 Å². The number of rotatable bonds is 8. The monoisotopic (exact) mass is 381 g/mol. The molecule has 1 fully saturated rings. The van der Waals surface area contributed by atoms with Crippen molar-refractivity contribution in [3.63, 3.8) is 0 Å². The number of carbonyl (C=O) groups excluding carboxylic acids is 2. The van der Waals surface area contributed by atoms with Gasteiger partial charge in [-0.15, -0.1) is 19.4 Å². The molecule has 2 amide bonds. The van der Waals surface area contributed by atoms with E-state index < -0.39 is 5.91 Å². The lowest BCUT2D eigenvalue weighted by Gasteiger charge is -2.15. The number of nitrogens with zero attached hydrogens (tertiary/aromatic N) is 1. The zero-order chi connectivity index (χ0) is 19.8. The Morgan fingerprint density at radius 2 is 2.04 bits per heavy atom. The predicted octanol–water partition coefficient (Wildman–Crippen LogP) is 3.50. The third kappa shape index (κ3) is 4.75. The van der Waals surface area contributed by atoms with Gasteiger partial charge >= 0.3 is 0 Å². The minimum absolute atomic E-state index is 0.0488. The number of allylic oxidation sites excluding steroid dienone is 1. The van der Waals surface area contributed by atoms with Crippen LogP contribution in [0.4, 0.5) is 4.79 Å². The third-order valence-corrected chi connectivity index (χ3v) is 4.45. The first kappa shape index (κ1) is 20.2. The van der Waals surface area contributed by atoms with Crippen LogP contribution in [0.1, 0.15) is 18.1 Å². The molecule has 1 aromatic carbocycles. The molecule has 1 aliphatic rings. The van der Waals surface area contributed by atoms with Crippen LogP contribution in [0.5, 0.6) is 11.5 Å². The van der Waals surface area contributed by atoms with Gasteiger partial charge in [0, 0.05) is 5.56 Å². The molecule has 0 unspecified atom stereocenters. The Balaban J connectivity index is 2.47. The molecule has 0 bridgehead atoms. The number of imide groups is 1. The minimum Gasteiger partial charge on any atom is -0.490 e. The second-order valence-electron chi connectivity index (χ2n) is 5.40. The van der Waals surface area contributed by atoms with Gasteiger partial charge in [0.05, 0.1) is 18.1 Å². The Kier molecular flexibility index (Phi) is 7.16. The van der Waals surface area contributed by atoms with E-state index in [9.17, 15) is 9.59 Å². The summed E-state index contributed by atoms with van der Waals surface area (Å²) < 4.78 is 11.3. The van der Waals surface area contributed by atoms with Crippen molar-refractivity contribution >= 4 is 29.0 Å². The highest BCUT2D eigenvalue weighted by Gasteiger charge is 2.34. The fourth-order valence-corrected chi connectivity index (χ4v) is 3.33.